The van der Waals surface area contributed by atoms with Gasteiger partial charge in [0.05, 0.1) is 18.3 Å². The minimum Gasteiger partial charge on any atom is -0.394 e. The summed E-state index contributed by atoms with van der Waals surface area (Å²) in [6.45, 7) is -1.50. The van der Waals surface area contributed by atoms with Crippen LogP contribution in [0.4, 0.5) is 27.6 Å². The predicted octanol–water partition coefficient (Wildman–Crippen LogP) is 1.92. The molecule has 29 heavy (non-hydrogen) atoms. The van der Waals surface area contributed by atoms with Crippen LogP contribution >= 0.6 is 0 Å². The number of benzene rings is 2. The maximum Gasteiger partial charge on any atom is 0.352 e. The van der Waals surface area contributed by atoms with E-state index < -0.39 is 65.6 Å². The summed E-state index contributed by atoms with van der Waals surface area (Å²) in [5.74, 6) is -11.3. The number of aliphatic hydroxyl groups excluding tert-OH is 2. The molecular formula is C18H15F5N2O4. The third-order valence-corrected chi connectivity index (χ3v) is 3.74. The summed E-state index contributed by atoms with van der Waals surface area (Å²) in [4.78, 5) is 23.8. The molecule has 11 heteroatoms. The Morgan fingerprint density at radius 1 is 1.00 bits per heavy atom. The molecule has 2 aromatic carbocycles. The highest BCUT2D eigenvalue weighted by molar-refractivity contribution is 6.04. The Labute approximate surface area is 161 Å². The van der Waals surface area contributed by atoms with Gasteiger partial charge in [-0.05, 0) is 30.3 Å². The molecule has 2 amide bonds. The van der Waals surface area contributed by atoms with Crippen LogP contribution in [0.3, 0.4) is 0 Å². The molecule has 0 saturated carbocycles. The van der Waals surface area contributed by atoms with E-state index in [0.717, 1.165) is 18.2 Å². The van der Waals surface area contributed by atoms with Crippen molar-refractivity contribution in [2.24, 2.45) is 0 Å². The summed E-state index contributed by atoms with van der Waals surface area (Å²) in [6, 6.07) is 4.26. The Morgan fingerprint density at radius 3 is 2.28 bits per heavy atom. The third-order valence-electron chi connectivity index (χ3n) is 3.74. The number of carbonyl (C=O) groups excluding carboxylic acids is 2. The van der Waals surface area contributed by atoms with Crippen molar-refractivity contribution >= 4 is 17.5 Å². The predicted molar refractivity (Wildman–Crippen MR) is 90.7 cm³/mol. The van der Waals surface area contributed by atoms with E-state index in [1.807, 2.05) is 0 Å². The molecule has 6 nitrogen and oxygen atoms in total. The number of halogens is 5. The highest BCUT2D eigenvalue weighted by Crippen LogP contribution is 2.31. The average molecular weight is 418 g/mol. The van der Waals surface area contributed by atoms with Gasteiger partial charge in [0.25, 0.3) is 11.8 Å². The van der Waals surface area contributed by atoms with E-state index in [0.29, 0.717) is 18.2 Å². The molecule has 0 aliphatic rings. The molecule has 0 spiro atoms. The van der Waals surface area contributed by atoms with E-state index in [4.69, 9.17) is 10.2 Å². The van der Waals surface area contributed by atoms with Gasteiger partial charge in [0.1, 0.15) is 5.82 Å². The van der Waals surface area contributed by atoms with E-state index in [-0.39, 0.29) is 5.69 Å². The van der Waals surface area contributed by atoms with Crippen LogP contribution in [0.15, 0.2) is 36.4 Å². The Kier molecular flexibility index (Phi) is 6.88. The first-order valence-corrected chi connectivity index (χ1v) is 8.07. The van der Waals surface area contributed by atoms with Gasteiger partial charge in [-0.3, -0.25) is 9.59 Å². The highest BCUT2D eigenvalue weighted by atomic mass is 19.3. The van der Waals surface area contributed by atoms with Gasteiger partial charge in [0.15, 0.2) is 11.6 Å². The first-order chi connectivity index (χ1) is 13.6. The second-order valence-electron chi connectivity index (χ2n) is 5.90. The number of aliphatic hydroxyl groups is 2. The van der Waals surface area contributed by atoms with E-state index >= 15 is 0 Å². The molecule has 1 atom stereocenters. The Morgan fingerprint density at radius 2 is 1.66 bits per heavy atom. The lowest BCUT2D eigenvalue weighted by Gasteiger charge is -2.18. The molecule has 0 fully saturated rings. The van der Waals surface area contributed by atoms with Crippen molar-refractivity contribution in [3.63, 3.8) is 0 Å². The average Bonchev–Trinajstić information content (AvgIpc) is 2.68. The number of hydrogen-bond acceptors (Lipinski definition) is 4. The van der Waals surface area contributed by atoms with Crippen molar-refractivity contribution in [2.75, 3.05) is 18.5 Å². The summed E-state index contributed by atoms with van der Waals surface area (Å²) in [7, 11) is 0. The SMILES string of the molecule is O=C(Nc1ccc(F)c(F)c1)c1ccc(F)c(C(F)(F)C(=O)NCC(O)CO)c1. The van der Waals surface area contributed by atoms with Crippen LogP contribution in [0.5, 0.6) is 0 Å². The van der Waals surface area contributed by atoms with Crippen LogP contribution in [0.2, 0.25) is 0 Å². The van der Waals surface area contributed by atoms with E-state index in [2.05, 4.69) is 5.32 Å². The number of nitrogens with one attached hydrogen (secondary N) is 2. The fraction of sp³-hybridized carbons (Fsp3) is 0.222. The first-order valence-electron chi connectivity index (χ1n) is 8.07. The van der Waals surface area contributed by atoms with Gasteiger partial charge in [-0.1, -0.05) is 0 Å². The summed E-state index contributed by atoms with van der Waals surface area (Å²) in [5.41, 5.74) is -2.07. The highest BCUT2D eigenvalue weighted by Gasteiger charge is 2.43. The number of hydrogen-bond donors (Lipinski definition) is 4. The Balaban J connectivity index is 2.24. The van der Waals surface area contributed by atoms with Gasteiger partial charge in [-0.25, -0.2) is 13.2 Å². The molecular weight excluding hydrogens is 403 g/mol. The van der Waals surface area contributed by atoms with Gasteiger partial charge in [-0.2, -0.15) is 8.78 Å². The summed E-state index contributed by atoms with van der Waals surface area (Å²) in [5, 5.41) is 21.5. The minimum atomic E-state index is -4.41. The molecule has 0 aromatic heterocycles. The van der Waals surface area contributed by atoms with E-state index in [1.54, 1.807) is 5.32 Å². The Bertz CT molecular complexity index is 923. The monoisotopic (exact) mass is 418 g/mol. The maximum atomic E-state index is 14.3. The quantitative estimate of drug-likeness (QED) is 0.517. The lowest BCUT2D eigenvalue weighted by atomic mass is 10.0. The maximum absolute atomic E-state index is 14.3. The van der Waals surface area contributed by atoms with Crippen molar-refractivity contribution in [1.82, 2.24) is 5.32 Å². The molecule has 2 rings (SSSR count). The van der Waals surface area contributed by atoms with Crippen molar-refractivity contribution in [2.45, 2.75) is 12.0 Å². The fourth-order valence-corrected chi connectivity index (χ4v) is 2.19. The van der Waals surface area contributed by atoms with Crippen molar-refractivity contribution < 1.29 is 41.8 Å². The smallest absolute Gasteiger partial charge is 0.352 e. The topological polar surface area (TPSA) is 98.7 Å². The molecule has 0 bridgehead atoms. The number of amides is 2. The van der Waals surface area contributed by atoms with Crippen LogP contribution in [-0.2, 0) is 10.7 Å². The van der Waals surface area contributed by atoms with E-state index in [1.165, 1.54) is 0 Å². The zero-order valence-corrected chi connectivity index (χ0v) is 14.6. The summed E-state index contributed by atoms with van der Waals surface area (Å²) < 4.78 is 68.6. The summed E-state index contributed by atoms with van der Waals surface area (Å²) >= 11 is 0. The van der Waals surface area contributed by atoms with Crippen LogP contribution in [-0.4, -0.2) is 41.3 Å². The zero-order valence-electron chi connectivity index (χ0n) is 14.6. The second kappa shape index (κ2) is 8.97. The number of alkyl halides is 2. The first kappa shape index (κ1) is 22.2. The standard InChI is InChI=1S/C18H15F5N2O4/c19-13-3-1-9(16(28)25-10-2-4-14(20)15(21)6-10)5-12(13)18(22,23)17(29)24-7-11(27)8-26/h1-6,11,26-27H,7-8H2,(H,24,29)(H,25,28). The molecule has 156 valence electrons. The number of anilines is 1. The minimum absolute atomic E-state index is 0.178. The lowest BCUT2D eigenvalue weighted by molar-refractivity contribution is -0.148. The Hall–Kier alpha value is -3.05. The lowest BCUT2D eigenvalue weighted by Crippen LogP contribution is -2.42. The van der Waals surface area contributed by atoms with Gasteiger partial charge in [0, 0.05) is 23.9 Å². The molecule has 1 unspecified atom stereocenters. The molecule has 0 heterocycles. The third kappa shape index (κ3) is 5.27. The van der Waals surface area contributed by atoms with Gasteiger partial charge < -0.3 is 20.8 Å². The van der Waals surface area contributed by atoms with Crippen LogP contribution in [0.1, 0.15) is 15.9 Å². The largest absolute Gasteiger partial charge is 0.394 e. The molecule has 0 aliphatic heterocycles. The second-order valence-corrected chi connectivity index (χ2v) is 5.90. The van der Waals surface area contributed by atoms with E-state index in [9.17, 15) is 31.5 Å². The summed E-state index contributed by atoms with van der Waals surface area (Å²) in [6.07, 6.45) is -1.49. The number of rotatable bonds is 7. The molecule has 0 saturated heterocycles. The van der Waals surface area contributed by atoms with Crippen LogP contribution in [0.25, 0.3) is 0 Å². The molecule has 4 N–H and O–H groups in total. The van der Waals surface area contributed by atoms with Crippen molar-refractivity contribution in [3.05, 3.63) is 65.0 Å². The normalized spacial score (nSPS) is 12.4. The van der Waals surface area contributed by atoms with Gasteiger partial charge in [-0.15, -0.1) is 0 Å². The zero-order chi connectivity index (χ0) is 21.8. The fourth-order valence-electron chi connectivity index (χ4n) is 2.19. The van der Waals surface area contributed by atoms with Gasteiger partial charge in [0.2, 0.25) is 0 Å². The molecule has 0 aliphatic carbocycles. The number of carbonyl (C=O) groups is 2. The van der Waals surface area contributed by atoms with Crippen LogP contribution < -0.4 is 10.6 Å². The van der Waals surface area contributed by atoms with Crippen molar-refractivity contribution in [1.29, 1.82) is 0 Å². The van der Waals surface area contributed by atoms with Crippen molar-refractivity contribution in [3.8, 4) is 0 Å². The molecule has 2 aromatic rings. The van der Waals surface area contributed by atoms with Gasteiger partial charge >= 0.3 is 5.92 Å². The molecule has 0 radical (unpaired) electrons. The van der Waals surface area contributed by atoms with Crippen LogP contribution in [0, 0.1) is 17.5 Å².